The number of fused-ring (bicyclic) bond motifs is 1. The van der Waals surface area contributed by atoms with Crippen LogP contribution in [0.1, 0.15) is 22.7 Å². The highest BCUT2D eigenvalue weighted by Gasteiger charge is 2.48. The van der Waals surface area contributed by atoms with Crippen LogP contribution in [0.4, 0.5) is 10.8 Å². The van der Waals surface area contributed by atoms with Gasteiger partial charge in [0.25, 0.3) is 11.5 Å². The van der Waals surface area contributed by atoms with Crippen LogP contribution in [0.5, 0.6) is 5.75 Å². The number of aliphatic hydroxyl groups excluding tert-OH is 1. The third-order valence-corrected chi connectivity index (χ3v) is 6.97. The maximum Gasteiger partial charge on any atom is 0.301 e. The summed E-state index contributed by atoms with van der Waals surface area (Å²) in [7, 11) is 1.54. The number of aromatic nitrogens is 1. The molecule has 0 unspecified atom stereocenters. The Balaban J connectivity index is 1.74. The number of benzene rings is 3. The molecular formula is C26H19N3O6S. The molecular weight excluding hydrogens is 482 g/mol. The molecule has 1 fully saturated rings. The van der Waals surface area contributed by atoms with Crippen LogP contribution in [0.25, 0.3) is 16.0 Å². The van der Waals surface area contributed by atoms with Gasteiger partial charge in [-0.05, 0) is 30.7 Å². The fraction of sp³-hybridized carbons (Fsp3) is 0.115. The van der Waals surface area contributed by atoms with Crippen molar-refractivity contribution < 1.29 is 24.4 Å². The van der Waals surface area contributed by atoms with Crippen molar-refractivity contribution in [2.75, 3.05) is 12.0 Å². The summed E-state index contributed by atoms with van der Waals surface area (Å²) in [5, 5.41) is 22.9. The van der Waals surface area contributed by atoms with E-state index < -0.39 is 22.7 Å². The molecule has 5 rings (SSSR count). The summed E-state index contributed by atoms with van der Waals surface area (Å²) >= 11 is 1.17. The molecule has 0 spiro atoms. The largest absolute Gasteiger partial charge is 0.507 e. The van der Waals surface area contributed by atoms with Crippen molar-refractivity contribution in [3.8, 4) is 5.75 Å². The Morgan fingerprint density at radius 3 is 2.56 bits per heavy atom. The minimum Gasteiger partial charge on any atom is -0.507 e. The Kier molecular flexibility index (Phi) is 5.73. The number of non-ortho nitro benzene ring substituents is 1. The van der Waals surface area contributed by atoms with E-state index in [-0.39, 0.29) is 22.2 Å². The molecule has 1 saturated heterocycles. The lowest BCUT2D eigenvalue weighted by Gasteiger charge is -2.22. The number of nitrogens with zero attached hydrogens (tertiary/aromatic N) is 3. The molecule has 1 aliphatic heterocycles. The van der Waals surface area contributed by atoms with Gasteiger partial charge in [0.15, 0.2) is 5.13 Å². The Morgan fingerprint density at radius 1 is 1.11 bits per heavy atom. The number of nitro groups is 1. The fourth-order valence-electron chi connectivity index (χ4n) is 4.14. The van der Waals surface area contributed by atoms with Gasteiger partial charge < -0.3 is 9.84 Å². The van der Waals surface area contributed by atoms with E-state index in [2.05, 4.69) is 4.98 Å². The zero-order valence-corrected chi connectivity index (χ0v) is 20.0. The molecule has 36 heavy (non-hydrogen) atoms. The lowest BCUT2D eigenvalue weighted by Crippen LogP contribution is -2.29. The molecule has 1 aromatic heterocycles. The van der Waals surface area contributed by atoms with Gasteiger partial charge in [-0.2, -0.15) is 0 Å². The summed E-state index contributed by atoms with van der Waals surface area (Å²) in [4.78, 5) is 43.3. The first-order valence-corrected chi connectivity index (χ1v) is 11.7. The van der Waals surface area contributed by atoms with Crippen molar-refractivity contribution in [3.05, 3.63) is 99.1 Å². The topological polar surface area (TPSA) is 123 Å². The molecule has 1 N–H and O–H groups in total. The molecule has 1 atom stereocenters. The number of ether oxygens (including phenoxy) is 1. The van der Waals surface area contributed by atoms with Gasteiger partial charge in [0.1, 0.15) is 11.5 Å². The second-order valence-electron chi connectivity index (χ2n) is 8.22. The highest BCUT2D eigenvalue weighted by atomic mass is 32.1. The van der Waals surface area contributed by atoms with Crippen LogP contribution < -0.4 is 9.64 Å². The Labute approximate surface area is 209 Å². The first-order chi connectivity index (χ1) is 17.3. The average molecular weight is 502 g/mol. The van der Waals surface area contributed by atoms with Crippen LogP contribution in [-0.4, -0.2) is 33.8 Å². The number of aliphatic hydroxyl groups is 1. The van der Waals surface area contributed by atoms with E-state index in [0.717, 1.165) is 10.3 Å². The number of anilines is 1. The summed E-state index contributed by atoms with van der Waals surface area (Å²) < 4.78 is 5.99. The Hall–Kier alpha value is -4.57. The minimum atomic E-state index is -1.12. The number of carbonyl (C=O) groups is 2. The summed E-state index contributed by atoms with van der Waals surface area (Å²) in [6.45, 7) is 1.88. The second-order valence-corrected chi connectivity index (χ2v) is 9.23. The van der Waals surface area contributed by atoms with Crippen molar-refractivity contribution in [1.29, 1.82) is 0 Å². The summed E-state index contributed by atoms with van der Waals surface area (Å²) in [5.74, 6) is -1.54. The number of aryl methyl sites for hydroxylation is 1. The van der Waals surface area contributed by atoms with Gasteiger partial charge in [-0.1, -0.05) is 53.3 Å². The number of Topliss-reactive ketones (excluding diaryl/α,β-unsaturated/α-hetero) is 1. The van der Waals surface area contributed by atoms with E-state index in [4.69, 9.17) is 4.74 Å². The van der Waals surface area contributed by atoms with E-state index >= 15 is 0 Å². The number of methoxy groups -OCH3 is 1. The summed E-state index contributed by atoms with van der Waals surface area (Å²) in [6, 6.07) is 16.6. The number of amides is 1. The molecule has 3 aromatic carbocycles. The number of thiazole rings is 1. The smallest absolute Gasteiger partial charge is 0.301 e. The van der Waals surface area contributed by atoms with E-state index in [1.807, 2.05) is 6.92 Å². The Bertz CT molecular complexity index is 1570. The van der Waals surface area contributed by atoms with Gasteiger partial charge >= 0.3 is 5.91 Å². The summed E-state index contributed by atoms with van der Waals surface area (Å²) in [6.07, 6.45) is 0. The first kappa shape index (κ1) is 23.2. The van der Waals surface area contributed by atoms with Crippen molar-refractivity contribution in [2.24, 2.45) is 0 Å². The van der Waals surface area contributed by atoms with Gasteiger partial charge in [-0.3, -0.25) is 24.6 Å². The van der Waals surface area contributed by atoms with Gasteiger partial charge in [0, 0.05) is 17.7 Å². The number of rotatable bonds is 5. The van der Waals surface area contributed by atoms with E-state index in [0.29, 0.717) is 22.4 Å². The van der Waals surface area contributed by atoms with Gasteiger partial charge in [0.2, 0.25) is 0 Å². The molecule has 0 saturated carbocycles. The first-order valence-electron chi connectivity index (χ1n) is 10.9. The van der Waals surface area contributed by atoms with Crippen LogP contribution in [0.2, 0.25) is 0 Å². The highest BCUT2D eigenvalue weighted by Crippen LogP contribution is 2.45. The van der Waals surface area contributed by atoms with Crippen molar-refractivity contribution in [1.82, 2.24) is 4.98 Å². The van der Waals surface area contributed by atoms with Crippen LogP contribution in [0, 0.1) is 17.0 Å². The number of hydrogen-bond donors (Lipinski definition) is 1. The SMILES string of the molecule is COc1ccc2nc(N3C(=O)C(=O)C(=C(O)c4ccc(C)cc4)[C@H]3c3cccc([N+](=O)[O-])c3)sc2c1. The highest BCUT2D eigenvalue weighted by molar-refractivity contribution is 7.22. The molecule has 9 nitrogen and oxygen atoms in total. The zero-order valence-electron chi connectivity index (χ0n) is 19.2. The average Bonchev–Trinajstić information content (AvgIpc) is 3.41. The molecule has 0 bridgehead atoms. The van der Waals surface area contributed by atoms with Crippen molar-refractivity contribution in [2.45, 2.75) is 13.0 Å². The molecule has 1 aliphatic rings. The molecule has 2 heterocycles. The van der Waals surface area contributed by atoms with Gasteiger partial charge in [-0.25, -0.2) is 4.98 Å². The number of hydrogen-bond acceptors (Lipinski definition) is 8. The van der Waals surface area contributed by atoms with Crippen LogP contribution in [0.15, 0.2) is 72.3 Å². The monoisotopic (exact) mass is 501 g/mol. The normalized spacial score (nSPS) is 17.1. The fourth-order valence-corrected chi connectivity index (χ4v) is 5.16. The molecule has 1 amide bonds. The Morgan fingerprint density at radius 2 is 1.86 bits per heavy atom. The number of carbonyl (C=O) groups excluding carboxylic acids is 2. The van der Waals surface area contributed by atoms with E-state index in [1.54, 1.807) is 48.5 Å². The molecule has 10 heteroatoms. The molecule has 180 valence electrons. The van der Waals surface area contributed by atoms with Crippen molar-refractivity contribution in [3.63, 3.8) is 0 Å². The lowest BCUT2D eigenvalue weighted by atomic mass is 9.95. The molecule has 0 aliphatic carbocycles. The number of ketones is 1. The van der Waals surface area contributed by atoms with Crippen LogP contribution in [0.3, 0.4) is 0 Å². The van der Waals surface area contributed by atoms with Gasteiger partial charge in [0.05, 0.1) is 33.9 Å². The third-order valence-electron chi connectivity index (χ3n) is 5.96. The lowest BCUT2D eigenvalue weighted by molar-refractivity contribution is -0.384. The van der Waals surface area contributed by atoms with Gasteiger partial charge in [-0.15, -0.1) is 0 Å². The van der Waals surface area contributed by atoms with E-state index in [9.17, 15) is 24.8 Å². The summed E-state index contributed by atoms with van der Waals surface area (Å²) in [5.41, 5.74) is 1.82. The van der Waals surface area contributed by atoms with E-state index in [1.165, 1.54) is 41.5 Å². The predicted molar refractivity (Wildman–Crippen MR) is 135 cm³/mol. The maximum absolute atomic E-state index is 13.3. The third kappa shape index (κ3) is 3.87. The van der Waals surface area contributed by atoms with Crippen molar-refractivity contribution >= 4 is 49.8 Å². The zero-order chi connectivity index (χ0) is 25.6. The van der Waals surface area contributed by atoms with Crippen LogP contribution in [-0.2, 0) is 9.59 Å². The standard InChI is InChI=1S/C26H19N3O6S/c1-14-6-8-15(9-7-14)23(30)21-22(16-4-3-5-17(12-16)29(33)34)28(25(32)24(21)31)26-27-19-11-10-18(35-2)13-20(19)36-26/h3-13,22,30H,1-2H3/t22-/m1/s1. The molecule has 4 aromatic rings. The second kappa shape index (κ2) is 8.90. The number of nitro benzene ring substituents is 1. The van der Waals surface area contributed by atoms with Crippen LogP contribution >= 0.6 is 11.3 Å². The quantitative estimate of drug-likeness (QED) is 0.132. The predicted octanol–water partition coefficient (Wildman–Crippen LogP) is 5.15. The minimum absolute atomic E-state index is 0.166. The maximum atomic E-state index is 13.3. The molecule has 0 radical (unpaired) electrons.